The molecule has 0 spiro atoms. The summed E-state index contributed by atoms with van der Waals surface area (Å²) < 4.78 is 0. The Labute approximate surface area is 58.5 Å². The van der Waals surface area contributed by atoms with E-state index in [0.29, 0.717) is 6.54 Å². The number of rotatable bonds is 1. The summed E-state index contributed by atoms with van der Waals surface area (Å²) in [6, 6.07) is 0. The van der Waals surface area contributed by atoms with Crippen LogP contribution in [0.15, 0.2) is 24.4 Å². The lowest BCUT2D eigenvalue weighted by molar-refractivity contribution is -0.0440. The van der Waals surface area contributed by atoms with Crippen LogP contribution in [0.2, 0.25) is 0 Å². The summed E-state index contributed by atoms with van der Waals surface area (Å²) in [7, 11) is 0. The van der Waals surface area contributed by atoms with Crippen LogP contribution >= 0.6 is 0 Å². The molecule has 0 aromatic carbocycles. The third-order valence-corrected chi connectivity index (χ3v) is 0.992. The summed E-state index contributed by atoms with van der Waals surface area (Å²) in [4.78, 5) is 14.7. The number of carbonyl (C=O) groups is 1. The molecule has 0 saturated heterocycles. The molecular weight excluding hydrogens is 132 g/mol. The topological polar surface area (TPSA) is 55.6 Å². The van der Waals surface area contributed by atoms with Crippen LogP contribution in [0.3, 0.4) is 0 Å². The molecule has 4 heteroatoms. The molecule has 1 aliphatic rings. The molecule has 0 aliphatic carbocycles. The molecule has 10 heavy (non-hydrogen) atoms. The molecule has 0 radical (unpaired) electrons. The minimum absolute atomic E-state index is 0.555. The zero-order valence-electron chi connectivity index (χ0n) is 5.36. The maximum Gasteiger partial charge on any atom is 0.428 e. The van der Waals surface area contributed by atoms with Crippen molar-refractivity contribution in [3.8, 4) is 0 Å². The summed E-state index contributed by atoms with van der Waals surface area (Å²) in [6.07, 6.45) is 6.31. The van der Waals surface area contributed by atoms with Gasteiger partial charge in [0.2, 0.25) is 0 Å². The minimum Gasteiger partial charge on any atom is -0.333 e. The lowest BCUT2D eigenvalue weighted by atomic mass is 10.4. The summed E-state index contributed by atoms with van der Waals surface area (Å²) >= 11 is 0. The van der Waals surface area contributed by atoms with E-state index in [4.69, 9.17) is 5.73 Å². The molecule has 4 nitrogen and oxygen atoms in total. The van der Waals surface area contributed by atoms with Crippen molar-refractivity contribution < 1.29 is 9.63 Å². The van der Waals surface area contributed by atoms with Gasteiger partial charge in [0.05, 0.1) is 6.54 Å². The monoisotopic (exact) mass is 140 g/mol. The molecule has 0 aromatic rings. The Balaban J connectivity index is 2.37. The van der Waals surface area contributed by atoms with Gasteiger partial charge in [0.15, 0.2) is 0 Å². The average molecular weight is 140 g/mol. The second-order valence-corrected chi connectivity index (χ2v) is 1.78. The first kappa shape index (κ1) is 6.67. The molecule has 1 amide bonds. The predicted molar refractivity (Wildman–Crippen MR) is 35.7 cm³/mol. The minimum atomic E-state index is -0.792. The Bertz CT molecular complexity index is 186. The Morgan fingerprint density at radius 3 is 2.90 bits per heavy atom. The molecule has 1 rings (SSSR count). The summed E-state index contributed by atoms with van der Waals surface area (Å²) in [5.74, 6) is 0. The van der Waals surface area contributed by atoms with Crippen molar-refractivity contribution in [2.75, 3.05) is 6.54 Å². The molecule has 0 unspecified atom stereocenters. The zero-order chi connectivity index (χ0) is 7.40. The molecule has 1 heterocycles. The number of nitrogens with two attached hydrogens (primary N) is 1. The summed E-state index contributed by atoms with van der Waals surface area (Å²) in [5, 5.41) is 1.35. The number of primary amides is 1. The Kier molecular flexibility index (Phi) is 1.94. The van der Waals surface area contributed by atoms with E-state index in [1.807, 2.05) is 12.2 Å². The van der Waals surface area contributed by atoms with E-state index < -0.39 is 6.09 Å². The highest BCUT2D eigenvalue weighted by molar-refractivity contribution is 5.64. The number of nitrogens with zero attached hydrogens (tertiary/aromatic N) is 1. The van der Waals surface area contributed by atoms with Crippen LogP contribution in [0, 0.1) is 0 Å². The normalized spacial score (nSPS) is 15.4. The van der Waals surface area contributed by atoms with E-state index in [1.54, 1.807) is 12.3 Å². The third-order valence-electron chi connectivity index (χ3n) is 0.992. The van der Waals surface area contributed by atoms with E-state index in [0.717, 1.165) is 0 Å². The smallest absolute Gasteiger partial charge is 0.333 e. The molecule has 54 valence electrons. The standard InChI is InChI=1S/C6H8N2O2/c7-6(9)10-8-4-2-1-3-5-8/h1-4H,5H2,(H2,7,9). The van der Waals surface area contributed by atoms with Crippen molar-refractivity contribution in [1.29, 1.82) is 0 Å². The van der Waals surface area contributed by atoms with Crippen LogP contribution < -0.4 is 5.73 Å². The van der Waals surface area contributed by atoms with E-state index in [2.05, 4.69) is 4.84 Å². The van der Waals surface area contributed by atoms with Crippen molar-refractivity contribution in [3.63, 3.8) is 0 Å². The highest BCUT2D eigenvalue weighted by atomic mass is 16.7. The molecular formula is C6H8N2O2. The fourth-order valence-electron chi connectivity index (χ4n) is 0.633. The third kappa shape index (κ3) is 1.81. The summed E-state index contributed by atoms with van der Waals surface area (Å²) in [5.41, 5.74) is 4.76. The van der Waals surface area contributed by atoms with Gasteiger partial charge in [-0.1, -0.05) is 12.2 Å². The van der Waals surface area contributed by atoms with Crippen LogP contribution in [-0.4, -0.2) is 17.7 Å². The quantitative estimate of drug-likeness (QED) is 0.573. The Morgan fingerprint density at radius 1 is 1.60 bits per heavy atom. The number of carbonyl (C=O) groups excluding carboxylic acids is 1. The van der Waals surface area contributed by atoms with Crippen LogP contribution in [0.4, 0.5) is 4.79 Å². The van der Waals surface area contributed by atoms with Crippen molar-refractivity contribution in [3.05, 3.63) is 24.4 Å². The van der Waals surface area contributed by atoms with Crippen molar-refractivity contribution in [2.24, 2.45) is 5.73 Å². The summed E-state index contributed by atoms with van der Waals surface area (Å²) in [6.45, 7) is 0.555. The van der Waals surface area contributed by atoms with E-state index in [1.165, 1.54) is 5.06 Å². The average Bonchev–Trinajstić information content (AvgIpc) is 1.88. The molecule has 0 bridgehead atoms. The molecule has 0 atom stereocenters. The van der Waals surface area contributed by atoms with Crippen molar-refractivity contribution in [1.82, 2.24) is 5.06 Å². The molecule has 0 fully saturated rings. The van der Waals surface area contributed by atoms with E-state index in [-0.39, 0.29) is 0 Å². The van der Waals surface area contributed by atoms with E-state index >= 15 is 0 Å². The molecule has 0 saturated carbocycles. The lowest BCUT2D eigenvalue weighted by Gasteiger charge is -2.16. The highest BCUT2D eigenvalue weighted by Crippen LogP contribution is 1.97. The van der Waals surface area contributed by atoms with Gasteiger partial charge in [0, 0.05) is 6.20 Å². The van der Waals surface area contributed by atoms with Gasteiger partial charge in [-0.05, 0) is 6.08 Å². The van der Waals surface area contributed by atoms with Crippen LogP contribution in [0.5, 0.6) is 0 Å². The van der Waals surface area contributed by atoms with Gasteiger partial charge in [0.25, 0.3) is 0 Å². The second kappa shape index (κ2) is 2.91. The van der Waals surface area contributed by atoms with Gasteiger partial charge in [0.1, 0.15) is 0 Å². The van der Waals surface area contributed by atoms with Gasteiger partial charge in [-0.25, -0.2) is 9.86 Å². The Morgan fingerprint density at radius 2 is 2.40 bits per heavy atom. The maximum atomic E-state index is 10.2. The van der Waals surface area contributed by atoms with Crippen LogP contribution in [0.1, 0.15) is 0 Å². The zero-order valence-corrected chi connectivity index (χ0v) is 5.36. The lowest BCUT2D eigenvalue weighted by Crippen LogP contribution is -2.26. The second-order valence-electron chi connectivity index (χ2n) is 1.78. The Hall–Kier alpha value is -1.45. The first-order valence-corrected chi connectivity index (χ1v) is 2.86. The van der Waals surface area contributed by atoms with Crippen LogP contribution in [-0.2, 0) is 4.84 Å². The number of hydrogen-bond donors (Lipinski definition) is 1. The SMILES string of the molecule is NC(=O)ON1C=CC=CC1. The maximum absolute atomic E-state index is 10.2. The van der Waals surface area contributed by atoms with Gasteiger partial charge in [-0.3, -0.25) is 0 Å². The van der Waals surface area contributed by atoms with Gasteiger partial charge in [-0.15, -0.1) is 0 Å². The largest absolute Gasteiger partial charge is 0.428 e. The van der Waals surface area contributed by atoms with Crippen molar-refractivity contribution in [2.45, 2.75) is 0 Å². The fraction of sp³-hybridized carbons (Fsp3) is 0.167. The van der Waals surface area contributed by atoms with Crippen molar-refractivity contribution >= 4 is 6.09 Å². The van der Waals surface area contributed by atoms with Gasteiger partial charge >= 0.3 is 6.09 Å². The number of allylic oxidation sites excluding steroid dienone is 2. The molecule has 2 N–H and O–H groups in total. The fourth-order valence-corrected chi connectivity index (χ4v) is 0.633. The number of amides is 1. The number of hydrogen-bond acceptors (Lipinski definition) is 3. The van der Waals surface area contributed by atoms with Gasteiger partial charge in [-0.2, -0.15) is 0 Å². The first-order chi connectivity index (χ1) is 4.79. The number of hydroxylamine groups is 2. The molecule has 1 aliphatic heterocycles. The highest BCUT2D eigenvalue weighted by Gasteiger charge is 2.02. The predicted octanol–water partition coefficient (Wildman–Crippen LogP) is 0.382. The van der Waals surface area contributed by atoms with E-state index in [9.17, 15) is 4.79 Å². The van der Waals surface area contributed by atoms with Crippen LogP contribution in [0.25, 0.3) is 0 Å². The first-order valence-electron chi connectivity index (χ1n) is 2.86. The van der Waals surface area contributed by atoms with Gasteiger partial charge < -0.3 is 10.6 Å². The molecule has 0 aromatic heterocycles.